The number of pyridine rings is 1. The number of para-hydroxylation sites is 1. The Morgan fingerprint density at radius 2 is 1.60 bits per heavy atom. The van der Waals surface area contributed by atoms with Crippen LogP contribution < -0.4 is 16.4 Å². The zero-order valence-corrected chi connectivity index (χ0v) is 19.1. The van der Waals surface area contributed by atoms with Crippen LogP contribution >= 0.6 is 0 Å². The van der Waals surface area contributed by atoms with Gasteiger partial charge in [-0.3, -0.25) is 9.59 Å². The normalized spacial score (nSPS) is 10.5. The average Bonchev–Trinajstić information content (AvgIpc) is 2.89. The molecule has 0 radical (unpaired) electrons. The number of nitrogens with two attached hydrogens (primary N) is 1. The van der Waals surface area contributed by atoms with Crippen molar-refractivity contribution in [2.75, 3.05) is 10.6 Å². The molecule has 0 saturated carbocycles. The summed E-state index contributed by atoms with van der Waals surface area (Å²) in [7, 11) is 0. The van der Waals surface area contributed by atoms with E-state index in [9.17, 15) is 14.7 Å². The predicted molar refractivity (Wildman–Crippen MR) is 137 cm³/mol. The van der Waals surface area contributed by atoms with Gasteiger partial charge in [-0.05, 0) is 41.0 Å². The molecule has 5 N–H and O–H groups in total. The molecule has 0 aliphatic rings. The smallest absolute Gasteiger partial charge is 0.307 e. The highest BCUT2D eigenvalue weighted by Gasteiger charge is 2.15. The van der Waals surface area contributed by atoms with Crippen molar-refractivity contribution in [1.82, 2.24) is 4.98 Å². The van der Waals surface area contributed by atoms with Gasteiger partial charge in [0, 0.05) is 30.0 Å². The summed E-state index contributed by atoms with van der Waals surface area (Å²) in [6.07, 6.45) is -0.195. The highest BCUT2D eigenvalue weighted by molar-refractivity contribution is 6.04. The third kappa shape index (κ3) is 6.31. The zero-order valence-electron chi connectivity index (χ0n) is 19.1. The Morgan fingerprint density at radius 1 is 0.857 bits per heavy atom. The summed E-state index contributed by atoms with van der Waals surface area (Å²) in [5.74, 6) is -1.40. The number of aliphatic carboxylic acids is 1. The highest BCUT2D eigenvalue weighted by atomic mass is 16.4. The van der Waals surface area contributed by atoms with Crippen LogP contribution in [0.3, 0.4) is 0 Å². The third-order valence-electron chi connectivity index (χ3n) is 5.46. The van der Waals surface area contributed by atoms with Gasteiger partial charge in [0.05, 0.1) is 12.1 Å². The minimum absolute atomic E-state index is 0.195. The number of nitrogens with zero attached hydrogens (tertiary/aromatic N) is 1. The van der Waals surface area contributed by atoms with E-state index in [0.29, 0.717) is 30.0 Å². The molecule has 0 unspecified atom stereocenters. The Labute approximate surface area is 203 Å². The van der Waals surface area contributed by atoms with E-state index < -0.39 is 11.9 Å². The summed E-state index contributed by atoms with van der Waals surface area (Å²) in [5.41, 5.74) is 11.2. The molecule has 0 spiro atoms. The number of aromatic nitrogens is 1. The lowest BCUT2D eigenvalue weighted by atomic mass is 10.1. The van der Waals surface area contributed by atoms with Crippen LogP contribution in [0.5, 0.6) is 0 Å². The van der Waals surface area contributed by atoms with Gasteiger partial charge in [0.1, 0.15) is 5.69 Å². The number of anilines is 2. The number of carboxylic acid groups (broad SMARTS) is 1. The van der Waals surface area contributed by atoms with Crippen molar-refractivity contribution in [2.24, 2.45) is 5.73 Å². The molecule has 1 aromatic heterocycles. The maximum atomic E-state index is 13.2. The van der Waals surface area contributed by atoms with Crippen LogP contribution in [0.25, 0.3) is 11.3 Å². The van der Waals surface area contributed by atoms with Crippen molar-refractivity contribution in [3.8, 4) is 11.3 Å². The quantitative estimate of drug-likeness (QED) is 0.284. The summed E-state index contributed by atoms with van der Waals surface area (Å²) < 4.78 is 0. The number of nitrogens with one attached hydrogen (secondary N) is 2. The van der Waals surface area contributed by atoms with Crippen LogP contribution in [0, 0.1) is 0 Å². The number of carbonyl (C=O) groups is 2. The minimum Gasteiger partial charge on any atom is -0.481 e. The van der Waals surface area contributed by atoms with E-state index in [1.165, 1.54) is 0 Å². The van der Waals surface area contributed by atoms with Crippen molar-refractivity contribution in [1.29, 1.82) is 0 Å². The molecule has 7 nitrogen and oxygen atoms in total. The fourth-order valence-corrected chi connectivity index (χ4v) is 3.70. The van der Waals surface area contributed by atoms with Crippen LogP contribution in [0.15, 0.2) is 91.0 Å². The molecule has 0 atom stereocenters. The van der Waals surface area contributed by atoms with Crippen LogP contribution in [-0.4, -0.2) is 22.0 Å². The van der Waals surface area contributed by atoms with E-state index in [-0.39, 0.29) is 12.1 Å². The number of carbonyl (C=O) groups excluding carboxylic acids is 1. The summed E-state index contributed by atoms with van der Waals surface area (Å²) in [5, 5.41) is 15.4. The van der Waals surface area contributed by atoms with E-state index in [0.717, 1.165) is 22.4 Å². The van der Waals surface area contributed by atoms with Crippen molar-refractivity contribution < 1.29 is 14.7 Å². The van der Waals surface area contributed by atoms with E-state index in [1.807, 2.05) is 60.7 Å². The number of benzene rings is 3. The Balaban J connectivity index is 1.67. The Bertz CT molecular complexity index is 1340. The summed E-state index contributed by atoms with van der Waals surface area (Å²) in [6.45, 7) is 0.975. The molecule has 4 rings (SSSR count). The first-order chi connectivity index (χ1) is 17.0. The number of hydrogen-bond acceptors (Lipinski definition) is 5. The molecule has 0 aliphatic heterocycles. The third-order valence-corrected chi connectivity index (χ3v) is 5.46. The maximum Gasteiger partial charge on any atom is 0.307 e. The topological polar surface area (TPSA) is 117 Å². The standard InChI is InChI=1S/C28H26N4O3/c29-17-20-9-6-11-21(13-20)25-15-23(30-18-19-7-2-1-3-8-19)16-26(31-25)28(35)32-24-12-5-4-10-22(24)14-27(33)34/h1-13,15-16H,14,17-18,29H2,(H,30,31)(H,32,35)(H,33,34). The molecule has 4 aromatic rings. The molecule has 0 fully saturated rings. The first-order valence-corrected chi connectivity index (χ1v) is 11.2. The molecule has 1 amide bonds. The molecule has 0 bridgehead atoms. The van der Waals surface area contributed by atoms with Gasteiger partial charge < -0.3 is 21.5 Å². The van der Waals surface area contributed by atoms with E-state index in [4.69, 9.17) is 5.73 Å². The second-order valence-corrected chi connectivity index (χ2v) is 8.05. The van der Waals surface area contributed by atoms with Gasteiger partial charge in [0.2, 0.25) is 0 Å². The molecular weight excluding hydrogens is 440 g/mol. The number of amides is 1. The molecule has 0 aliphatic carbocycles. The lowest BCUT2D eigenvalue weighted by Gasteiger charge is -2.13. The lowest BCUT2D eigenvalue weighted by Crippen LogP contribution is -2.16. The fourth-order valence-electron chi connectivity index (χ4n) is 3.70. The molecule has 0 saturated heterocycles. The predicted octanol–water partition coefficient (Wildman–Crippen LogP) is 4.70. The monoisotopic (exact) mass is 466 g/mol. The number of carboxylic acids is 1. The van der Waals surface area contributed by atoms with E-state index in [1.54, 1.807) is 30.3 Å². The molecule has 1 heterocycles. The molecular formula is C28H26N4O3. The Kier molecular flexibility index (Phi) is 7.50. The SMILES string of the molecule is NCc1cccc(-c2cc(NCc3ccccc3)cc(C(=O)Nc3ccccc3CC(=O)O)n2)c1. The Morgan fingerprint density at radius 3 is 2.37 bits per heavy atom. The van der Waals surface area contributed by atoms with Gasteiger partial charge in [-0.2, -0.15) is 0 Å². The minimum atomic E-state index is -0.973. The van der Waals surface area contributed by atoms with Crippen molar-refractivity contribution in [3.63, 3.8) is 0 Å². The van der Waals surface area contributed by atoms with Gasteiger partial charge in [-0.1, -0.05) is 66.7 Å². The number of rotatable bonds is 9. The van der Waals surface area contributed by atoms with Crippen LogP contribution in [0.2, 0.25) is 0 Å². The summed E-state index contributed by atoms with van der Waals surface area (Å²) >= 11 is 0. The summed E-state index contributed by atoms with van der Waals surface area (Å²) in [6, 6.07) is 28.1. The van der Waals surface area contributed by atoms with E-state index >= 15 is 0 Å². The van der Waals surface area contributed by atoms with Crippen LogP contribution in [0.4, 0.5) is 11.4 Å². The van der Waals surface area contributed by atoms with Gasteiger partial charge in [0.15, 0.2) is 0 Å². The largest absolute Gasteiger partial charge is 0.481 e. The molecule has 35 heavy (non-hydrogen) atoms. The molecule has 3 aromatic carbocycles. The highest BCUT2D eigenvalue weighted by Crippen LogP contribution is 2.25. The van der Waals surface area contributed by atoms with Gasteiger partial charge in [-0.15, -0.1) is 0 Å². The summed E-state index contributed by atoms with van der Waals surface area (Å²) in [4.78, 5) is 29.0. The average molecular weight is 467 g/mol. The number of hydrogen-bond donors (Lipinski definition) is 4. The van der Waals surface area contributed by atoms with Crippen molar-refractivity contribution >= 4 is 23.3 Å². The lowest BCUT2D eigenvalue weighted by molar-refractivity contribution is -0.136. The van der Waals surface area contributed by atoms with Gasteiger partial charge >= 0.3 is 5.97 Å². The zero-order chi connectivity index (χ0) is 24.6. The van der Waals surface area contributed by atoms with Crippen LogP contribution in [0.1, 0.15) is 27.2 Å². The molecule has 176 valence electrons. The van der Waals surface area contributed by atoms with E-state index in [2.05, 4.69) is 15.6 Å². The maximum absolute atomic E-state index is 13.2. The van der Waals surface area contributed by atoms with Gasteiger partial charge in [0.25, 0.3) is 5.91 Å². The van der Waals surface area contributed by atoms with Gasteiger partial charge in [-0.25, -0.2) is 4.98 Å². The van der Waals surface area contributed by atoms with Crippen molar-refractivity contribution in [3.05, 3.63) is 113 Å². The fraction of sp³-hybridized carbons (Fsp3) is 0.107. The second-order valence-electron chi connectivity index (χ2n) is 8.05. The second kappa shape index (κ2) is 11.1. The van der Waals surface area contributed by atoms with Crippen LogP contribution in [-0.2, 0) is 24.3 Å². The van der Waals surface area contributed by atoms with Crippen molar-refractivity contribution in [2.45, 2.75) is 19.5 Å². The Hall–Kier alpha value is -4.49. The molecule has 7 heteroatoms. The first kappa shape index (κ1) is 23.7. The first-order valence-electron chi connectivity index (χ1n) is 11.2.